The van der Waals surface area contributed by atoms with E-state index in [4.69, 9.17) is 5.11 Å². The number of rotatable bonds is 6. The molecule has 0 aromatic heterocycles. The lowest BCUT2D eigenvalue weighted by Crippen LogP contribution is -2.07. The van der Waals surface area contributed by atoms with Crippen molar-refractivity contribution < 1.29 is 17.7 Å². The van der Waals surface area contributed by atoms with E-state index in [1.54, 1.807) is 0 Å². The number of aliphatic hydroxyl groups excluding tert-OH is 1. The van der Waals surface area contributed by atoms with Gasteiger partial charge in [0.05, 0.1) is 16.3 Å². The van der Waals surface area contributed by atoms with Crippen LogP contribution in [0.2, 0.25) is 0 Å². The minimum atomic E-state index is -3.93. The maximum Gasteiger partial charge on any atom is 0.299 e. The van der Waals surface area contributed by atoms with Crippen LogP contribution in [0.3, 0.4) is 0 Å². The Balaban J connectivity index is 2.11. The van der Waals surface area contributed by atoms with Crippen LogP contribution in [0.15, 0.2) is 63.7 Å². The first-order valence-electron chi connectivity index (χ1n) is 6.72. The van der Waals surface area contributed by atoms with Gasteiger partial charge in [0.1, 0.15) is 0 Å². The van der Waals surface area contributed by atoms with Gasteiger partial charge in [-0.1, -0.05) is 0 Å². The van der Waals surface area contributed by atoms with Crippen LogP contribution in [0.5, 0.6) is 0 Å². The lowest BCUT2D eigenvalue weighted by atomic mass is 10.3. The Morgan fingerprint density at radius 3 is 1.87 bits per heavy atom. The molecule has 0 aliphatic heterocycles. The molecule has 2 rings (SSSR count). The molecule has 0 atom stereocenters. The van der Waals surface area contributed by atoms with Gasteiger partial charge in [-0.25, -0.2) is 4.18 Å². The van der Waals surface area contributed by atoms with Crippen LogP contribution in [0.4, 0.5) is 17.1 Å². The molecule has 0 radical (unpaired) electrons. The third kappa shape index (κ3) is 4.59. The summed E-state index contributed by atoms with van der Waals surface area (Å²) in [7, 11) is -0.0320. The van der Waals surface area contributed by atoms with Gasteiger partial charge in [0.15, 0.2) is 6.79 Å². The van der Waals surface area contributed by atoms with Gasteiger partial charge < -0.3 is 10.0 Å². The average Bonchev–Trinajstić information content (AvgIpc) is 2.53. The van der Waals surface area contributed by atoms with E-state index in [0.29, 0.717) is 11.4 Å². The van der Waals surface area contributed by atoms with Crippen molar-refractivity contribution in [3.8, 4) is 0 Å². The Kier molecular flexibility index (Phi) is 5.43. The summed E-state index contributed by atoms with van der Waals surface area (Å²) in [6, 6.07) is 13.2. The molecule has 7 nitrogen and oxygen atoms in total. The summed E-state index contributed by atoms with van der Waals surface area (Å²) in [4.78, 5) is 1.93. The SMILES string of the molecule is CN(C)c1ccc(/N=N/c2ccc(S(=O)(=O)OCO)cc2)cc1. The van der Waals surface area contributed by atoms with Gasteiger partial charge in [-0.15, -0.1) is 0 Å². The van der Waals surface area contributed by atoms with Crippen molar-refractivity contribution in [2.45, 2.75) is 4.90 Å². The van der Waals surface area contributed by atoms with E-state index in [9.17, 15) is 8.42 Å². The molecule has 0 fully saturated rings. The highest BCUT2D eigenvalue weighted by molar-refractivity contribution is 7.86. The standard InChI is InChI=1S/C15H17N3O4S/c1-18(2)14-7-3-12(4-8-14)16-17-13-5-9-15(10-6-13)23(20,21)22-11-19/h3-10,19H,11H2,1-2H3/b17-16+. The Labute approximate surface area is 135 Å². The molecule has 1 N–H and O–H groups in total. The monoisotopic (exact) mass is 335 g/mol. The molecule has 0 spiro atoms. The van der Waals surface area contributed by atoms with E-state index in [-0.39, 0.29) is 4.90 Å². The molecular formula is C15H17N3O4S. The number of anilines is 1. The molecule has 0 aliphatic rings. The molecule has 2 aromatic carbocycles. The van der Waals surface area contributed by atoms with Crippen LogP contribution in [-0.4, -0.2) is 34.4 Å². The molecule has 0 saturated heterocycles. The van der Waals surface area contributed by atoms with Gasteiger partial charge >= 0.3 is 0 Å². The third-order valence-electron chi connectivity index (χ3n) is 2.98. The number of aliphatic hydroxyl groups is 1. The van der Waals surface area contributed by atoms with Crippen LogP contribution in [0.1, 0.15) is 0 Å². The fourth-order valence-corrected chi connectivity index (χ4v) is 2.49. The van der Waals surface area contributed by atoms with Crippen molar-refractivity contribution in [2.24, 2.45) is 10.2 Å². The van der Waals surface area contributed by atoms with Crippen molar-refractivity contribution in [1.29, 1.82) is 0 Å². The van der Waals surface area contributed by atoms with Crippen LogP contribution in [-0.2, 0) is 14.3 Å². The molecule has 0 aliphatic carbocycles. The number of hydrogen-bond acceptors (Lipinski definition) is 7. The maximum absolute atomic E-state index is 11.6. The van der Waals surface area contributed by atoms with E-state index in [1.807, 2.05) is 43.3 Å². The molecule has 0 saturated carbocycles. The van der Waals surface area contributed by atoms with Crippen LogP contribution in [0.25, 0.3) is 0 Å². The van der Waals surface area contributed by atoms with Gasteiger partial charge in [-0.3, -0.25) is 0 Å². The molecule has 8 heteroatoms. The van der Waals surface area contributed by atoms with Crippen LogP contribution in [0, 0.1) is 0 Å². The Morgan fingerprint density at radius 1 is 0.957 bits per heavy atom. The highest BCUT2D eigenvalue weighted by Crippen LogP contribution is 2.22. The van der Waals surface area contributed by atoms with E-state index in [1.165, 1.54) is 24.3 Å². The third-order valence-corrected chi connectivity index (χ3v) is 4.25. The predicted octanol–water partition coefficient (Wildman–Crippen LogP) is 2.82. The second kappa shape index (κ2) is 7.32. The maximum atomic E-state index is 11.6. The molecule has 23 heavy (non-hydrogen) atoms. The van der Waals surface area contributed by atoms with Crippen molar-refractivity contribution in [3.05, 3.63) is 48.5 Å². The number of benzene rings is 2. The van der Waals surface area contributed by atoms with Crippen molar-refractivity contribution >= 4 is 27.2 Å². The fourth-order valence-electron chi connectivity index (χ4n) is 1.75. The summed E-state index contributed by atoms with van der Waals surface area (Å²) in [6.07, 6.45) is 0. The smallest absolute Gasteiger partial charge is 0.299 e. The van der Waals surface area contributed by atoms with Gasteiger partial charge in [0.25, 0.3) is 10.1 Å². The van der Waals surface area contributed by atoms with E-state index >= 15 is 0 Å². The molecular weight excluding hydrogens is 318 g/mol. The Morgan fingerprint density at radius 2 is 1.43 bits per heavy atom. The Hall–Kier alpha value is -2.29. The summed E-state index contributed by atoms with van der Waals surface area (Å²) in [5.74, 6) is 0. The van der Waals surface area contributed by atoms with E-state index < -0.39 is 16.9 Å². The predicted molar refractivity (Wildman–Crippen MR) is 86.7 cm³/mol. The topological polar surface area (TPSA) is 91.6 Å². The minimum absolute atomic E-state index is 0.0548. The van der Waals surface area contributed by atoms with Gasteiger partial charge in [0, 0.05) is 19.8 Å². The molecule has 0 unspecified atom stereocenters. The van der Waals surface area contributed by atoms with Crippen molar-refractivity contribution in [2.75, 3.05) is 25.8 Å². The highest BCUT2D eigenvalue weighted by atomic mass is 32.2. The normalized spacial score (nSPS) is 11.8. The first kappa shape index (κ1) is 17.1. The number of azo groups is 1. The lowest BCUT2D eigenvalue weighted by molar-refractivity contribution is 0.105. The van der Waals surface area contributed by atoms with Crippen molar-refractivity contribution in [3.63, 3.8) is 0 Å². The molecule has 122 valence electrons. The Bertz CT molecular complexity index is 769. The fraction of sp³-hybridized carbons (Fsp3) is 0.200. The zero-order chi connectivity index (χ0) is 16.9. The second-order valence-corrected chi connectivity index (χ2v) is 6.42. The van der Waals surface area contributed by atoms with Crippen LogP contribution < -0.4 is 4.90 Å². The molecule has 0 heterocycles. The first-order chi connectivity index (χ1) is 10.9. The second-order valence-electron chi connectivity index (χ2n) is 4.81. The quantitative estimate of drug-likeness (QED) is 0.498. The average molecular weight is 335 g/mol. The largest absolute Gasteiger partial charge is 0.378 e. The van der Waals surface area contributed by atoms with E-state index in [2.05, 4.69) is 14.4 Å². The van der Waals surface area contributed by atoms with Gasteiger partial charge in [-0.2, -0.15) is 18.6 Å². The van der Waals surface area contributed by atoms with Crippen LogP contribution >= 0.6 is 0 Å². The van der Waals surface area contributed by atoms with Gasteiger partial charge in [-0.05, 0) is 48.5 Å². The van der Waals surface area contributed by atoms with E-state index in [0.717, 1.165) is 5.69 Å². The summed E-state index contributed by atoms with van der Waals surface area (Å²) in [6.45, 7) is -0.896. The minimum Gasteiger partial charge on any atom is -0.378 e. The zero-order valence-corrected chi connectivity index (χ0v) is 13.6. The van der Waals surface area contributed by atoms with Crippen molar-refractivity contribution in [1.82, 2.24) is 0 Å². The summed E-state index contributed by atoms with van der Waals surface area (Å²) < 4.78 is 27.4. The number of hydrogen-bond donors (Lipinski definition) is 1. The summed E-state index contributed by atoms with van der Waals surface area (Å²) in [5.41, 5.74) is 2.25. The lowest BCUT2D eigenvalue weighted by Gasteiger charge is -2.11. The molecule has 0 bridgehead atoms. The molecule has 0 amide bonds. The zero-order valence-electron chi connectivity index (χ0n) is 12.7. The summed E-state index contributed by atoms with van der Waals surface area (Å²) in [5, 5.41) is 16.7. The molecule has 2 aromatic rings. The highest BCUT2D eigenvalue weighted by Gasteiger charge is 2.13. The first-order valence-corrected chi connectivity index (χ1v) is 8.13. The number of nitrogens with zero attached hydrogens (tertiary/aromatic N) is 3. The summed E-state index contributed by atoms with van der Waals surface area (Å²) >= 11 is 0. The van der Waals surface area contributed by atoms with Gasteiger partial charge in [0.2, 0.25) is 0 Å².